The zero-order chi connectivity index (χ0) is 12.4. The molecule has 1 aromatic heterocycles. The molecule has 0 bridgehead atoms. The van der Waals surface area contributed by atoms with Crippen molar-refractivity contribution >= 4 is 0 Å². The van der Waals surface area contributed by atoms with Crippen LogP contribution in [0.25, 0.3) is 5.69 Å². The van der Waals surface area contributed by atoms with Gasteiger partial charge in [0.05, 0.1) is 11.9 Å². The van der Waals surface area contributed by atoms with E-state index in [9.17, 15) is 0 Å². The first-order chi connectivity index (χ1) is 8.84. The maximum absolute atomic E-state index is 5.75. The van der Waals surface area contributed by atoms with Crippen LogP contribution in [-0.4, -0.2) is 16.3 Å². The third kappa shape index (κ3) is 1.85. The molecule has 0 radical (unpaired) electrons. The van der Waals surface area contributed by atoms with E-state index in [0.717, 1.165) is 18.7 Å². The summed E-state index contributed by atoms with van der Waals surface area (Å²) in [6, 6.07) is 10.3. The summed E-state index contributed by atoms with van der Waals surface area (Å²) in [4.78, 5) is 0. The van der Waals surface area contributed by atoms with Gasteiger partial charge in [-0.25, -0.2) is 4.68 Å². The normalized spacial score (nSPS) is 17.4. The van der Waals surface area contributed by atoms with Crippen LogP contribution in [0.4, 0.5) is 0 Å². The fourth-order valence-corrected chi connectivity index (χ4v) is 2.88. The monoisotopic (exact) mass is 241 g/mol. The number of benzene rings is 1. The molecule has 1 aromatic carbocycles. The molecular formula is C15H19N3. The second-order valence-electron chi connectivity index (χ2n) is 5.18. The lowest BCUT2D eigenvalue weighted by molar-refractivity contribution is 0.229. The highest BCUT2D eigenvalue weighted by molar-refractivity contribution is 5.33. The van der Waals surface area contributed by atoms with Crippen molar-refractivity contribution < 1.29 is 0 Å². The number of hydrogen-bond donors (Lipinski definition) is 1. The highest BCUT2D eigenvalue weighted by Gasteiger charge is 2.38. The molecule has 1 fully saturated rings. The molecule has 94 valence electrons. The molecule has 3 nitrogen and oxygen atoms in total. The Morgan fingerprint density at radius 3 is 2.61 bits per heavy atom. The molecule has 0 amide bonds. The average molecular weight is 241 g/mol. The number of para-hydroxylation sites is 1. The topological polar surface area (TPSA) is 43.8 Å². The van der Waals surface area contributed by atoms with Gasteiger partial charge in [-0.3, -0.25) is 0 Å². The van der Waals surface area contributed by atoms with Gasteiger partial charge < -0.3 is 5.73 Å². The van der Waals surface area contributed by atoms with Gasteiger partial charge in [0.2, 0.25) is 0 Å². The lowest BCUT2D eigenvalue weighted by atomic mass is 9.63. The third-order valence-corrected chi connectivity index (χ3v) is 4.15. The molecule has 1 aliphatic carbocycles. The molecule has 18 heavy (non-hydrogen) atoms. The maximum Gasteiger partial charge on any atom is 0.0645 e. The maximum atomic E-state index is 5.75. The van der Waals surface area contributed by atoms with Gasteiger partial charge in [-0.1, -0.05) is 24.6 Å². The van der Waals surface area contributed by atoms with Gasteiger partial charge >= 0.3 is 0 Å². The van der Waals surface area contributed by atoms with E-state index in [1.165, 1.54) is 24.8 Å². The summed E-state index contributed by atoms with van der Waals surface area (Å²) in [6.45, 7) is 0.760. The largest absolute Gasteiger partial charge is 0.330 e. The van der Waals surface area contributed by atoms with Crippen molar-refractivity contribution in [2.24, 2.45) is 5.73 Å². The van der Waals surface area contributed by atoms with Gasteiger partial charge in [0, 0.05) is 6.20 Å². The number of aromatic nitrogens is 2. The molecule has 1 saturated carbocycles. The van der Waals surface area contributed by atoms with Crippen LogP contribution in [0.2, 0.25) is 0 Å². The van der Waals surface area contributed by atoms with Crippen LogP contribution in [0.1, 0.15) is 31.2 Å². The summed E-state index contributed by atoms with van der Waals surface area (Å²) < 4.78 is 1.96. The first kappa shape index (κ1) is 11.5. The van der Waals surface area contributed by atoms with E-state index in [0.29, 0.717) is 5.41 Å². The lowest BCUT2D eigenvalue weighted by Crippen LogP contribution is -2.36. The van der Waals surface area contributed by atoms with E-state index < -0.39 is 0 Å². The molecule has 1 aliphatic rings. The van der Waals surface area contributed by atoms with Crippen LogP contribution in [0.5, 0.6) is 0 Å². The highest BCUT2D eigenvalue weighted by Crippen LogP contribution is 2.46. The second kappa shape index (κ2) is 4.58. The van der Waals surface area contributed by atoms with Crippen LogP contribution in [0.15, 0.2) is 42.7 Å². The average Bonchev–Trinajstić information content (AvgIpc) is 2.84. The van der Waals surface area contributed by atoms with E-state index in [1.54, 1.807) is 0 Å². The molecule has 3 rings (SSSR count). The fraction of sp³-hybridized carbons (Fsp3) is 0.400. The molecule has 0 saturated heterocycles. The van der Waals surface area contributed by atoms with Gasteiger partial charge in [-0.15, -0.1) is 0 Å². The van der Waals surface area contributed by atoms with Gasteiger partial charge in [0.1, 0.15) is 0 Å². The number of nitrogens with two attached hydrogens (primary N) is 1. The Morgan fingerprint density at radius 2 is 2.00 bits per heavy atom. The zero-order valence-corrected chi connectivity index (χ0v) is 10.5. The minimum atomic E-state index is 0.307. The summed E-state index contributed by atoms with van der Waals surface area (Å²) >= 11 is 0. The Labute approximate surface area is 108 Å². The van der Waals surface area contributed by atoms with Crippen LogP contribution in [-0.2, 0) is 5.41 Å². The first-order valence-electron chi connectivity index (χ1n) is 6.65. The van der Waals surface area contributed by atoms with Crippen LogP contribution >= 0.6 is 0 Å². The Balaban J connectivity index is 1.90. The molecule has 2 aromatic rings. The molecule has 0 aliphatic heterocycles. The lowest BCUT2D eigenvalue weighted by Gasteiger charge is -2.41. The Kier molecular flexibility index (Phi) is 2.92. The number of hydrogen-bond acceptors (Lipinski definition) is 2. The van der Waals surface area contributed by atoms with Crippen LogP contribution in [0.3, 0.4) is 0 Å². The first-order valence-corrected chi connectivity index (χ1v) is 6.65. The van der Waals surface area contributed by atoms with Crippen molar-refractivity contribution in [3.63, 3.8) is 0 Å². The molecule has 0 unspecified atom stereocenters. The van der Waals surface area contributed by atoms with Crippen molar-refractivity contribution in [3.8, 4) is 5.69 Å². The minimum absolute atomic E-state index is 0.307. The van der Waals surface area contributed by atoms with Crippen molar-refractivity contribution in [2.45, 2.75) is 31.1 Å². The molecule has 1 heterocycles. The summed E-state index contributed by atoms with van der Waals surface area (Å²) in [5.74, 6) is 0. The summed E-state index contributed by atoms with van der Waals surface area (Å²) in [5, 5.41) is 4.49. The summed E-state index contributed by atoms with van der Waals surface area (Å²) in [7, 11) is 0. The fourth-order valence-electron chi connectivity index (χ4n) is 2.88. The predicted molar refractivity (Wildman–Crippen MR) is 72.8 cm³/mol. The standard InChI is InChI=1S/C15H19N3/c16-10-9-15(7-4-8-15)13-11-17-18(12-13)14-5-2-1-3-6-14/h1-3,5-6,11-12H,4,7-10,16H2. The van der Waals surface area contributed by atoms with Crippen molar-refractivity contribution in [3.05, 3.63) is 48.3 Å². The predicted octanol–water partition coefficient (Wildman–Crippen LogP) is 2.64. The Bertz CT molecular complexity index is 512. The van der Waals surface area contributed by atoms with E-state index in [4.69, 9.17) is 5.73 Å². The second-order valence-corrected chi connectivity index (χ2v) is 5.18. The molecule has 0 atom stereocenters. The Morgan fingerprint density at radius 1 is 1.22 bits per heavy atom. The quantitative estimate of drug-likeness (QED) is 0.894. The van der Waals surface area contributed by atoms with E-state index in [1.807, 2.05) is 29.1 Å². The minimum Gasteiger partial charge on any atom is -0.330 e. The molecule has 0 spiro atoms. The zero-order valence-electron chi connectivity index (χ0n) is 10.5. The smallest absolute Gasteiger partial charge is 0.0645 e. The molecular weight excluding hydrogens is 222 g/mol. The van der Waals surface area contributed by atoms with Gasteiger partial charge in [-0.2, -0.15) is 5.10 Å². The summed E-state index contributed by atoms with van der Waals surface area (Å²) in [5.41, 5.74) is 8.53. The van der Waals surface area contributed by atoms with E-state index >= 15 is 0 Å². The van der Waals surface area contributed by atoms with Gasteiger partial charge in [-0.05, 0) is 48.9 Å². The molecule has 2 N–H and O–H groups in total. The highest BCUT2D eigenvalue weighted by atomic mass is 15.3. The van der Waals surface area contributed by atoms with Crippen molar-refractivity contribution in [1.29, 1.82) is 0 Å². The van der Waals surface area contributed by atoms with Gasteiger partial charge in [0.25, 0.3) is 0 Å². The summed E-state index contributed by atoms with van der Waals surface area (Å²) in [6.07, 6.45) is 9.09. The number of rotatable bonds is 4. The van der Waals surface area contributed by atoms with E-state index in [2.05, 4.69) is 23.4 Å². The SMILES string of the molecule is NCCC1(c2cnn(-c3ccccc3)c2)CCC1. The Hall–Kier alpha value is -1.61. The van der Waals surface area contributed by atoms with Gasteiger partial charge in [0.15, 0.2) is 0 Å². The van der Waals surface area contributed by atoms with Crippen molar-refractivity contribution in [1.82, 2.24) is 9.78 Å². The van der Waals surface area contributed by atoms with Crippen molar-refractivity contribution in [2.75, 3.05) is 6.54 Å². The third-order valence-electron chi connectivity index (χ3n) is 4.15. The molecule has 3 heteroatoms. The van der Waals surface area contributed by atoms with E-state index in [-0.39, 0.29) is 0 Å². The van der Waals surface area contributed by atoms with Crippen LogP contribution < -0.4 is 5.73 Å². The number of nitrogens with zero attached hydrogens (tertiary/aromatic N) is 2. The van der Waals surface area contributed by atoms with Crippen LogP contribution in [0, 0.1) is 0 Å².